The molecule has 2 aliphatic rings. The predicted octanol–water partition coefficient (Wildman–Crippen LogP) is 3.76. The normalized spacial score (nSPS) is 16.8. The summed E-state index contributed by atoms with van der Waals surface area (Å²) in [5.74, 6) is -0.240. The molecule has 2 aliphatic heterocycles. The van der Waals surface area contributed by atoms with Gasteiger partial charge >= 0.3 is 0 Å². The first-order valence-electron chi connectivity index (χ1n) is 10.4. The van der Waals surface area contributed by atoms with Gasteiger partial charge in [-0.1, -0.05) is 11.6 Å². The van der Waals surface area contributed by atoms with Gasteiger partial charge < -0.3 is 20.9 Å². The highest BCUT2D eigenvalue weighted by Gasteiger charge is 2.30. The first-order valence-corrected chi connectivity index (χ1v) is 10.8. The van der Waals surface area contributed by atoms with E-state index in [4.69, 9.17) is 17.3 Å². The Morgan fingerprint density at radius 3 is 2.75 bits per heavy atom. The fourth-order valence-corrected chi connectivity index (χ4v) is 4.64. The van der Waals surface area contributed by atoms with E-state index in [1.54, 1.807) is 34.9 Å². The maximum absolute atomic E-state index is 13.0. The van der Waals surface area contributed by atoms with E-state index >= 15 is 0 Å². The van der Waals surface area contributed by atoms with Gasteiger partial charge in [-0.25, -0.2) is 0 Å². The number of carbonyl (C=O) groups excluding carboxylic acids is 2. The van der Waals surface area contributed by atoms with E-state index < -0.39 is 6.04 Å². The standard InChI is InChI=1S/C24H21ClN4O3/c25-15-2-5-19(26)18(12-15)14-10-17-4-7-21(29(17)23(31)11-14)24(32)27-16-3-6-20-13(9-16)1-8-22(30)28-20/h2-3,5-6,9-12,21H,1,4,7-8,26H2,(H,27,32)(H,28,30)/t21-/m0/s1. The van der Waals surface area contributed by atoms with Crippen LogP contribution in [-0.2, 0) is 22.4 Å². The monoisotopic (exact) mass is 448 g/mol. The summed E-state index contributed by atoms with van der Waals surface area (Å²) in [7, 11) is 0. The highest BCUT2D eigenvalue weighted by molar-refractivity contribution is 6.31. The van der Waals surface area contributed by atoms with Gasteiger partial charge in [-0.15, -0.1) is 0 Å². The van der Waals surface area contributed by atoms with Gasteiger partial charge in [0.05, 0.1) is 0 Å². The smallest absolute Gasteiger partial charge is 0.252 e. The van der Waals surface area contributed by atoms with Gasteiger partial charge in [0.1, 0.15) is 6.04 Å². The molecule has 1 aromatic heterocycles. The van der Waals surface area contributed by atoms with Crippen LogP contribution in [0.15, 0.2) is 53.3 Å². The lowest BCUT2D eigenvalue weighted by atomic mass is 10.0. The Kier molecular flexibility index (Phi) is 4.98. The van der Waals surface area contributed by atoms with Gasteiger partial charge in [0.2, 0.25) is 11.8 Å². The number of rotatable bonds is 3. The fraction of sp³-hybridized carbons (Fsp3) is 0.208. The minimum Gasteiger partial charge on any atom is -0.398 e. The number of aromatic nitrogens is 1. The van der Waals surface area contributed by atoms with Crippen LogP contribution in [-0.4, -0.2) is 16.4 Å². The second-order valence-electron chi connectivity index (χ2n) is 8.14. The summed E-state index contributed by atoms with van der Waals surface area (Å²) < 4.78 is 1.55. The molecule has 3 heterocycles. The summed E-state index contributed by atoms with van der Waals surface area (Å²) in [6, 6.07) is 13.4. The summed E-state index contributed by atoms with van der Waals surface area (Å²) in [4.78, 5) is 37.5. The molecule has 0 radical (unpaired) electrons. The molecule has 7 nitrogen and oxygen atoms in total. The second kappa shape index (κ2) is 7.84. The molecule has 0 saturated carbocycles. The number of nitrogens with two attached hydrogens (primary N) is 1. The first kappa shape index (κ1) is 20.3. The molecule has 0 spiro atoms. The summed E-state index contributed by atoms with van der Waals surface area (Å²) >= 11 is 6.10. The number of hydrogen-bond acceptors (Lipinski definition) is 4. The molecular weight excluding hydrogens is 428 g/mol. The van der Waals surface area contributed by atoms with Crippen molar-refractivity contribution >= 4 is 40.5 Å². The summed E-state index contributed by atoms with van der Waals surface area (Å²) in [6.07, 6.45) is 2.20. The number of amides is 2. The molecule has 0 aliphatic carbocycles. The van der Waals surface area contributed by atoms with Gasteiger partial charge in [-0.05, 0) is 72.9 Å². The Bertz CT molecular complexity index is 1330. The third-order valence-electron chi connectivity index (χ3n) is 6.03. The van der Waals surface area contributed by atoms with Crippen LogP contribution in [0.4, 0.5) is 17.1 Å². The third kappa shape index (κ3) is 3.65. The van der Waals surface area contributed by atoms with Crippen LogP contribution in [0.25, 0.3) is 11.1 Å². The zero-order chi connectivity index (χ0) is 22.4. The molecule has 0 fully saturated rings. The van der Waals surface area contributed by atoms with Crippen LogP contribution in [0.5, 0.6) is 0 Å². The molecule has 8 heteroatoms. The Morgan fingerprint density at radius 2 is 1.91 bits per heavy atom. The largest absolute Gasteiger partial charge is 0.398 e. The predicted molar refractivity (Wildman–Crippen MR) is 125 cm³/mol. The summed E-state index contributed by atoms with van der Waals surface area (Å²) in [5.41, 5.74) is 11.0. The van der Waals surface area contributed by atoms with Crippen molar-refractivity contribution in [2.24, 2.45) is 0 Å². The van der Waals surface area contributed by atoms with Gasteiger partial charge in [0, 0.05) is 45.8 Å². The topological polar surface area (TPSA) is 106 Å². The molecule has 0 saturated heterocycles. The van der Waals surface area contributed by atoms with E-state index in [9.17, 15) is 14.4 Å². The number of hydrogen-bond donors (Lipinski definition) is 3. The molecule has 2 aromatic carbocycles. The zero-order valence-corrected chi connectivity index (χ0v) is 17.9. The van der Waals surface area contributed by atoms with Crippen molar-refractivity contribution in [1.29, 1.82) is 0 Å². The lowest BCUT2D eigenvalue weighted by Gasteiger charge is -2.19. The summed E-state index contributed by atoms with van der Waals surface area (Å²) in [6.45, 7) is 0. The Balaban J connectivity index is 1.41. The highest BCUT2D eigenvalue weighted by atomic mass is 35.5. The quantitative estimate of drug-likeness (QED) is 0.530. The van der Waals surface area contributed by atoms with Gasteiger partial charge in [-0.3, -0.25) is 14.4 Å². The molecule has 2 amide bonds. The van der Waals surface area contributed by atoms with E-state index in [0.717, 1.165) is 16.9 Å². The van der Waals surface area contributed by atoms with Crippen molar-refractivity contribution in [1.82, 2.24) is 4.57 Å². The van der Waals surface area contributed by atoms with E-state index in [1.165, 1.54) is 6.07 Å². The summed E-state index contributed by atoms with van der Waals surface area (Å²) in [5, 5.41) is 6.29. The molecule has 0 unspecified atom stereocenters. The Morgan fingerprint density at radius 1 is 1.06 bits per heavy atom. The SMILES string of the molecule is Nc1ccc(Cl)cc1-c1cc2n(c(=O)c1)[C@H](C(=O)Nc1ccc3c(c1)CCC(=O)N3)CC2. The number of fused-ring (bicyclic) bond motifs is 2. The molecule has 162 valence electrons. The third-order valence-corrected chi connectivity index (χ3v) is 6.27. The van der Waals surface area contributed by atoms with Crippen LogP contribution < -0.4 is 21.9 Å². The van der Waals surface area contributed by atoms with E-state index in [1.807, 2.05) is 12.1 Å². The van der Waals surface area contributed by atoms with Crippen molar-refractivity contribution in [2.45, 2.75) is 31.7 Å². The van der Waals surface area contributed by atoms with E-state index in [2.05, 4.69) is 10.6 Å². The lowest BCUT2D eigenvalue weighted by molar-refractivity contribution is -0.119. The number of halogens is 1. The first-order chi connectivity index (χ1) is 15.4. The van der Waals surface area contributed by atoms with Crippen LogP contribution in [0.1, 0.15) is 30.1 Å². The number of carbonyl (C=O) groups is 2. The number of nitrogens with one attached hydrogen (secondary N) is 2. The highest BCUT2D eigenvalue weighted by Crippen LogP contribution is 2.33. The molecule has 1 atom stereocenters. The number of nitrogen functional groups attached to an aromatic ring is 1. The van der Waals surface area contributed by atoms with Gasteiger partial charge in [0.25, 0.3) is 5.56 Å². The number of pyridine rings is 1. The average Bonchev–Trinajstić information content (AvgIpc) is 3.20. The fourth-order valence-electron chi connectivity index (χ4n) is 4.46. The molecule has 32 heavy (non-hydrogen) atoms. The minimum absolute atomic E-state index is 0.00452. The van der Waals surface area contributed by atoms with Crippen LogP contribution in [0.3, 0.4) is 0 Å². The van der Waals surface area contributed by atoms with Crippen molar-refractivity contribution in [3.05, 3.63) is 75.2 Å². The molecule has 5 rings (SSSR count). The van der Waals surface area contributed by atoms with Gasteiger partial charge in [-0.2, -0.15) is 0 Å². The maximum Gasteiger partial charge on any atom is 0.252 e. The van der Waals surface area contributed by atoms with Crippen molar-refractivity contribution in [3.8, 4) is 11.1 Å². The van der Waals surface area contributed by atoms with Crippen LogP contribution >= 0.6 is 11.6 Å². The minimum atomic E-state index is -0.584. The second-order valence-corrected chi connectivity index (χ2v) is 8.58. The van der Waals surface area contributed by atoms with Gasteiger partial charge in [0.15, 0.2) is 0 Å². The number of aryl methyl sites for hydroxylation is 2. The molecular formula is C24H21ClN4O3. The number of nitrogens with zero attached hydrogens (tertiary/aromatic N) is 1. The number of benzene rings is 2. The maximum atomic E-state index is 13.0. The van der Waals surface area contributed by atoms with Crippen LogP contribution in [0, 0.1) is 0 Å². The van der Waals surface area contributed by atoms with E-state index in [-0.39, 0.29) is 17.4 Å². The van der Waals surface area contributed by atoms with Crippen LogP contribution in [0.2, 0.25) is 5.02 Å². The molecule has 3 aromatic rings. The number of anilines is 3. The Labute approximate surface area is 189 Å². The zero-order valence-electron chi connectivity index (χ0n) is 17.2. The average molecular weight is 449 g/mol. The van der Waals surface area contributed by atoms with Crippen molar-refractivity contribution in [2.75, 3.05) is 16.4 Å². The molecule has 0 bridgehead atoms. The Hall–Kier alpha value is -3.58. The molecule has 4 N–H and O–H groups in total. The van der Waals surface area contributed by atoms with Crippen molar-refractivity contribution < 1.29 is 9.59 Å². The lowest BCUT2D eigenvalue weighted by Crippen LogP contribution is -2.31. The van der Waals surface area contributed by atoms with Crippen molar-refractivity contribution in [3.63, 3.8) is 0 Å². The van der Waals surface area contributed by atoms with E-state index in [0.29, 0.717) is 53.2 Å².